The predicted molar refractivity (Wildman–Crippen MR) is 70.6 cm³/mol. The zero-order chi connectivity index (χ0) is 12.9. The summed E-state index contributed by atoms with van der Waals surface area (Å²) in [6, 6.07) is 7.79. The molecule has 0 heterocycles. The number of Topliss-reactive ketones (excluding diaryl/α,β-unsaturated/α-hetero) is 1. The molecular formula is C15H22O2. The van der Waals surface area contributed by atoms with E-state index in [9.17, 15) is 4.79 Å². The van der Waals surface area contributed by atoms with Crippen LogP contribution in [0, 0.1) is 0 Å². The summed E-state index contributed by atoms with van der Waals surface area (Å²) in [6.07, 6.45) is 0.939. The molecule has 0 saturated heterocycles. The first kappa shape index (κ1) is 13.9. The smallest absolute Gasteiger partial charge is 0.188 e. The minimum absolute atomic E-state index is 0.0169. The lowest BCUT2D eigenvalue weighted by Crippen LogP contribution is -2.19. The second-order valence-electron chi connectivity index (χ2n) is 5.27. The Morgan fingerprint density at radius 1 is 1.24 bits per heavy atom. The summed E-state index contributed by atoms with van der Waals surface area (Å²) in [4.78, 5) is 12.1. The van der Waals surface area contributed by atoms with Crippen molar-refractivity contribution in [2.45, 2.75) is 39.5 Å². The molecule has 0 spiro atoms. The van der Waals surface area contributed by atoms with Crippen LogP contribution in [0.15, 0.2) is 24.3 Å². The molecule has 1 aromatic carbocycles. The van der Waals surface area contributed by atoms with Gasteiger partial charge < -0.3 is 4.74 Å². The van der Waals surface area contributed by atoms with Crippen LogP contribution in [0.2, 0.25) is 0 Å². The number of carbonyl (C=O) groups excluding carboxylic acids is 1. The molecule has 0 amide bonds. The summed E-state index contributed by atoms with van der Waals surface area (Å²) in [5.41, 5.74) is 1.86. The lowest BCUT2D eigenvalue weighted by molar-refractivity contribution is 0.0759. The number of carbonyl (C=O) groups is 1. The van der Waals surface area contributed by atoms with Gasteiger partial charge in [0.25, 0.3) is 0 Å². The summed E-state index contributed by atoms with van der Waals surface area (Å²) in [5, 5.41) is 0. The molecule has 0 aromatic heterocycles. The maximum Gasteiger partial charge on any atom is 0.188 e. The standard InChI is InChI=1S/C15H22O2/c1-5-10-17-11-14(16)12-8-6-7-9-13(12)15(2,3)4/h6-9H,5,10-11H2,1-4H3. The monoisotopic (exact) mass is 234 g/mol. The molecule has 0 fully saturated rings. The molecule has 17 heavy (non-hydrogen) atoms. The third kappa shape index (κ3) is 3.97. The molecule has 2 heteroatoms. The molecule has 0 radical (unpaired) electrons. The van der Waals surface area contributed by atoms with Crippen LogP contribution in [0.4, 0.5) is 0 Å². The largest absolute Gasteiger partial charge is 0.373 e. The molecule has 2 nitrogen and oxygen atoms in total. The van der Waals surface area contributed by atoms with Crippen molar-refractivity contribution < 1.29 is 9.53 Å². The minimum atomic E-state index is -0.0169. The molecule has 0 atom stereocenters. The zero-order valence-corrected chi connectivity index (χ0v) is 11.2. The average Bonchev–Trinajstić information content (AvgIpc) is 2.28. The Labute approximate surface area is 104 Å². The van der Waals surface area contributed by atoms with Crippen molar-refractivity contribution in [3.63, 3.8) is 0 Å². The van der Waals surface area contributed by atoms with Crippen LogP contribution in [-0.2, 0) is 10.2 Å². The maximum atomic E-state index is 12.1. The SMILES string of the molecule is CCCOCC(=O)c1ccccc1C(C)(C)C. The molecular weight excluding hydrogens is 212 g/mol. The van der Waals surface area contributed by atoms with Crippen molar-refractivity contribution in [2.75, 3.05) is 13.2 Å². The topological polar surface area (TPSA) is 26.3 Å². The second kappa shape index (κ2) is 5.97. The molecule has 1 rings (SSSR count). The van der Waals surface area contributed by atoms with Crippen molar-refractivity contribution in [1.82, 2.24) is 0 Å². The van der Waals surface area contributed by atoms with E-state index in [4.69, 9.17) is 4.74 Å². The minimum Gasteiger partial charge on any atom is -0.373 e. The highest BCUT2D eigenvalue weighted by Gasteiger charge is 2.20. The number of ether oxygens (including phenoxy) is 1. The van der Waals surface area contributed by atoms with E-state index in [1.54, 1.807) is 0 Å². The number of rotatable bonds is 5. The van der Waals surface area contributed by atoms with Crippen molar-refractivity contribution in [1.29, 1.82) is 0 Å². The van der Waals surface area contributed by atoms with E-state index < -0.39 is 0 Å². The Morgan fingerprint density at radius 3 is 2.47 bits per heavy atom. The number of hydrogen-bond acceptors (Lipinski definition) is 2. The van der Waals surface area contributed by atoms with Crippen LogP contribution in [0.1, 0.15) is 50.0 Å². The Hall–Kier alpha value is -1.15. The van der Waals surface area contributed by atoms with Gasteiger partial charge in [-0.05, 0) is 17.4 Å². The van der Waals surface area contributed by atoms with Gasteiger partial charge in [-0.15, -0.1) is 0 Å². The molecule has 0 saturated carbocycles. The third-order valence-electron chi connectivity index (χ3n) is 2.62. The molecule has 94 valence electrons. The van der Waals surface area contributed by atoms with Gasteiger partial charge in [0.1, 0.15) is 6.61 Å². The first-order valence-electron chi connectivity index (χ1n) is 6.17. The van der Waals surface area contributed by atoms with E-state index >= 15 is 0 Å². The molecule has 0 aliphatic rings. The Morgan fingerprint density at radius 2 is 1.88 bits per heavy atom. The van der Waals surface area contributed by atoms with Crippen LogP contribution in [0.25, 0.3) is 0 Å². The fourth-order valence-electron chi connectivity index (χ4n) is 1.77. The second-order valence-corrected chi connectivity index (χ2v) is 5.27. The van der Waals surface area contributed by atoms with Crippen LogP contribution in [0.3, 0.4) is 0 Å². The lowest BCUT2D eigenvalue weighted by Gasteiger charge is -2.22. The highest BCUT2D eigenvalue weighted by molar-refractivity contribution is 5.98. The fourth-order valence-corrected chi connectivity index (χ4v) is 1.77. The van der Waals surface area contributed by atoms with E-state index in [0.717, 1.165) is 17.5 Å². The van der Waals surface area contributed by atoms with E-state index in [0.29, 0.717) is 6.61 Å². The quantitative estimate of drug-likeness (QED) is 0.575. The lowest BCUT2D eigenvalue weighted by atomic mass is 9.83. The van der Waals surface area contributed by atoms with Crippen LogP contribution in [0.5, 0.6) is 0 Å². The first-order valence-corrected chi connectivity index (χ1v) is 6.17. The van der Waals surface area contributed by atoms with Gasteiger partial charge in [-0.25, -0.2) is 0 Å². The van der Waals surface area contributed by atoms with Gasteiger partial charge in [0.15, 0.2) is 5.78 Å². The zero-order valence-electron chi connectivity index (χ0n) is 11.2. The number of ketones is 1. The highest BCUT2D eigenvalue weighted by atomic mass is 16.5. The van der Waals surface area contributed by atoms with Gasteiger partial charge in [0, 0.05) is 12.2 Å². The summed E-state index contributed by atoms with van der Waals surface area (Å²) in [6.45, 7) is 9.21. The average molecular weight is 234 g/mol. The van der Waals surface area contributed by atoms with Crippen molar-refractivity contribution in [3.8, 4) is 0 Å². The van der Waals surface area contributed by atoms with E-state index in [2.05, 4.69) is 20.8 Å². The summed E-state index contributed by atoms with van der Waals surface area (Å²) < 4.78 is 5.32. The normalized spacial score (nSPS) is 11.5. The Balaban J connectivity index is 2.86. The third-order valence-corrected chi connectivity index (χ3v) is 2.62. The Bertz CT molecular complexity index is 375. The maximum absolute atomic E-state index is 12.1. The van der Waals surface area contributed by atoms with Crippen molar-refractivity contribution in [2.24, 2.45) is 0 Å². The Kier molecular flexibility index (Phi) is 4.88. The summed E-state index contributed by atoms with van der Waals surface area (Å²) >= 11 is 0. The number of hydrogen-bond donors (Lipinski definition) is 0. The molecule has 0 unspecified atom stereocenters. The van der Waals surface area contributed by atoms with Gasteiger partial charge >= 0.3 is 0 Å². The molecule has 0 aliphatic heterocycles. The van der Waals surface area contributed by atoms with Gasteiger partial charge in [0.05, 0.1) is 0 Å². The van der Waals surface area contributed by atoms with Crippen LogP contribution in [-0.4, -0.2) is 19.0 Å². The van der Waals surface area contributed by atoms with E-state index in [1.165, 1.54) is 0 Å². The molecule has 0 N–H and O–H groups in total. The van der Waals surface area contributed by atoms with Gasteiger partial charge in [0.2, 0.25) is 0 Å². The summed E-state index contributed by atoms with van der Waals surface area (Å²) in [5.74, 6) is 0.0731. The van der Waals surface area contributed by atoms with Gasteiger partial charge in [-0.2, -0.15) is 0 Å². The first-order chi connectivity index (χ1) is 7.96. The molecule has 0 aliphatic carbocycles. The highest BCUT2D eigenvalue weighted by Crippen LogP contribution is 2.25. The predicted octanol–water partition coefficient (Wildman–Crippen LogP) is 3.59. The van der Waals surface area contributed by atoms with E-state index in [1.807, 2.05) is 31.2 Å². The van der Waals surface area contributed by atoms with Crippen LogP contribution >= 0.6 is 0 Å². The molecule has 1 aromatic rings. The molecule has 0 bridgehead atoms. The van der Waals surface area contributed by atoms with Crippen molar-refractivity contribution >= 4 is 5.78 Å². The van der Waals surface area contributed by atoms with Crippen LogP contribution < -0.4 is 0 Å². The number of benzene rings is 1. The van der Waals surface area contributed by atoms with Gasteiger partial charge in [-0.1, -0.05) is 52.0 Å². The van der Waals surface area contributed by atoms with E-state index in [-0.39, 0.29) is 17.8 Å². The summed E-state index contributed by atoms with van der Waals surface area (Å²) in [7, 11) is 0. The van der Waals surface area contributed by atoms with Crippen molar-refractivity contribution in [3.05, 3.63) is 35.4 Å². The van der Waals surface area contributed by atoms with Gasteiger partial charge in [-0.3, -0.25) is 4.79 Å². The fraction of sp³-hybridized carbons (Fsp3) is 0.533.